The average molecular weight is 222 g/mol. The molecule has 88 valence electrons. The van der Waals surface area contributed by atoms with Crippen LogP contribution in [0.25, 0.3) is 0 Å². The molecule has 16 heavy (non-hydrogen) atoms. The van der Waals surface area contributed by atoms with E-state index in [1.54, 1.807) is 6.20 Å². The van der Waals surface area contributed by atoms with Crippen molar-refractivity contribution in [3.8, 4) is 0 Å². The van der Waals surface area contributed by atoms with Gasteiger partial charge >= 0.3 is 0 Å². The van der Waals surface area contributed by atoms with E-state index in [4.69, 9.17) is 4.74 Å². The summed E-state index contributed by atoms with van der Waals surface area (Å²) in [5, 5.41) is 13.3. The van der Waals surface area contributed by atoms with E-state index in [9.17, 15) is 5.11 Å². The molecule has 1 aromatic heterocycles. The number of rotatable bonds is 6. The maximum atomic E-state index is 9.94. The summed E-state index contributed by atoms with van der Waals surface area (Å²) < 4.78 is 5.11. The molecule has 1 aliphatic rings. The Bertz CT molecular complexity index is 314. The molecule has 0 saturated carbocycles. The Morgan fingerprint density at radius 1 is 1.62 bits per heavy atom. The number of pyridine rings is 1. The van der Waals surface area contributed by atoms with Crippen molar-refractivity contribution in [3.63, 3.8) is 0 Å². The zero-order chi connectivity index (χ0) is 11.4. The van der Waals surface area contributed by atoms with E-state index in [2.05, 4.69) is 17.2 Å². The van der Waals surface area contributed by atoms with Gasteiger partial charge in [-0.25, -0.2) is 0 Å². The predicted molar refractivity (Wildman–Crippen MR) is 61.0 cm³/mol. The lowest BCUT2D eigenvalue weighted by atomic mass is 10.1. The quantitative estimate of drug-likeness (QED) is 0.702. The highest BCUT2D eigenvalue weighted by atomic mass is 16.6. The van der Waals surface area contributed by atoms with Gasteiger partial charge in [-0.15, -0.1) is 0 Å². The van der Waals surface area contributed by atoms with Crippen LogP contribution in [-0.4, -0.2) is 35.4 Å². The summed E-state index contributed by atoms with van der Waals surface area (Å²) in [6.07, 6.45) is 2.26. The molecule has 4 nitrogen and oxygen atoms in total. The number of aliphatic hydroxyl groups excluding tert-OH is 1. The van der Waals surface area contributed by atoms with Gasteiger partial charge < -0.3 is 15.2 Å². The van der Waals surface area contributed by atoms with Gasteiger partial charge in [0.05, 0.1) is 24.5 Å². The third-order valence-corrected chi connectivity index (χ3v) is 2.70. The molecule has 0 spiro atoms. The molecule has 4 heteroatoms. The highest BCUT2D eigenvalue weighted by molar-refractivity contribution is 5.06. The third-order valence-electron chi connectivity index (χ3n) is 2.70. The van der Waals surface area contributed by atoms with Crippen LogP contribution in [0, 0.1) is 0 Å². The first-order valence-corrected chi connectivity index (χ1v) is 5.69. The van der Waals surface area contributed by atoms with E-state index >= 15 is 0 Å². The molecule has 1 fully saturated rings. The predicted octanol–water partition coefficient (Wildman–Crippen LogP) is 0.882. The van der Waals surface area contributed by atoms with Gasteiger partial charge in [0.25, 0.3) is 0 Å². The molecule has 3 atom stereocenters. The van der Waals surface area contributed by atoms with Crippen molar-refractivity contribution in [3.05, 3.63) is 30.1 Å². The normalized spacial score (nSPS) is 22.8. The summed E-state index contributed by atoms with van der Waals surface area (Å²) in [6, 6.07) is 5.85. The van der Waals surface area contributed by atoms with Crippen LogP contribution < -0.4 is 5.32 Å². The number of nitrogens with zero attached hydrogens (tertiary/aromatic N) is 1. The lowest BCUT2D eigenvalue weighted by Crippen LogP contribution is -2.31. The van der Waals surface area contributed by atoms with Crippen molar-refractivity contribution in [2.24, 2.45) is 0 Å². The topological polar surface area (TPSA) is 57.7 Å². The van der Waals surface area contributed by atoms with Gasteiger partial charge in [-0.3, -0.25) is 4.98 Å². The summed E-state index contributed by atoms with van der Waals surface area (Å²) >= 11 is 0. The summed E-state index contributed by atoms with van der Waals surface area (Å²) in [7, 11) is 0. The zero-order valence-electron chi connectivity index (χ0n) is 9.47. The van der Waals surface area contributed by atoms with Gasteiger partial charge in [0.15, 0.2) is 0 Å². The molecule has 0 radical (unpaired) electrons. The van der Waals surface area contributed by atoms with Gasteiger partial charge in [-0.1, -0.05) is 6.07 Å². The van der Waals surface area contributed by atoms with Crippen molar-refractivity contribution in [2.45, 2.75) is 31.6 Å². The van der Waals surface area contributed by atoms with Gasteiger partial charge in [0.2, 0.25) is 0 Å². The summed E-state index contributed by atoms with van der Waals surface area (Å²) in [5.74, 6) is 0. The van der Waals surface area contributed by atoms with Crippen LogP contribution in [0.1, 0.15) is 25.1 Å². The van der Waals surface area contributed by atoms with Crippen molar-refractivity contribution < 1.29 is 9.84 Å². The smallest absolute Gasteiger partial charge is 0.0974 e. The maximum Gasteiger partial charge on any atom is 0.0974 e. The first kappa shape index (κ1) is 11.5. The van der Waals surface area contributed by atoms with E-state index < -0.39 is 6.10 Å². The fourth-order valence-corrected chi connectivity index (χ4v) is 1.63. The number of aliphatic hydroxyl groups is 1. The van der Waals surface area contributed by atoms with Crippen LogP contribution in [0.15, 0.2) is 24.4 Å². The largest absolute Gasteiger partial charge is 0.387 e. The second-order valence-corrected chi connectivity index (χ2v) is 4.27. The van der Waals surface area contributed by atoms with E-state index in [-0.39, 0.29) is 6.04 Å². The lowest BCUT2D eigenvalue weighted by molar-refractivity contribution is 0.149. The maximum absolute atomic E-state index is 9.94. The number of hydrogen-bond donors (Lipinski definition) is 2. The van der Waals surface area contributed by atoms with E-state index in [0.717, 1.165) is 18.8 Å². The van der Waals surface area contributed by atoms with Gasteiger partial charge in [-0.05, 0) is 25.5 Å². The van der Waals surface area contributed by atoms with Crippen LogP contribution in [0.5, 0.6) is 0 Å². The molecule has 2 heterocycles. The van der Waals surface area contributed by atoms with Gasteiger partial charge in [0.1, 0.15) is 0 Å². The minimum atomic E-state index is -0.496. The van der Waals surface area contributed by atoms with Crippen LogP contribution in [0.3, 0.4) is 0 Å². The molecule has 1 aromatic rings. The molecule has 3 unspecified atom stereocenters. The molecule has 2 rings (SSSR count). The Labute approximate surface area is 95.7 Å². The fraction of sp³-hybridized carbons (Fsp3) is 0.583. The molecule has 1 aliphatic heterocycles. The van der Waals surface area contributed by atoms with Crippen molar-refractivity contribution in [1.29, 1.82) is 0 Å². The monoisotopic (exact) mass is 222 g/mol. The Morgan fingerprint density at radius 3 is 3.06 bits per heavy atom. The highest BCUT2D eigenvalue weighted by Gasteiger charge is 2.23. The van der Waals surface area contributed by atoms with Crippen LogP contribution in [0.2, 0.25) is 0 Å². The van der Waals surface area contributed by atoms with Crippen LogP contribution in [-0.2, 0) is 4.74 Å². The van der Waals surface area contributed by atoms with E-state index in [1.807, 2.05) is 18.2 Å². The van der Waals surface area contributed by atoms with E-state index in [1.165, 1.54) is 0 Å². The van der Waals surface area contributed by atoms with Crippen molar-refractivity contribution >= 4 is 0 Å². The van der Waals surface area contributed by atoms with Crippen LogP contribution in [0.4, 0.5) is 0 Å². The molecule has 0 bridgehead atoms. The number of hydrogen-bond acceptors (Lipinski definition) is 4. The summed E-state index contributed by atoms with van der Waals surface area (Å²) in [6.45, 7) is 3.80. The molecule has 0 aromatic carbocycles. The Morgan fingerprint density at radius 2 is 2.44 bits per heavy atom. The van der Waals surface area contributed by atoms with Crippen molar-refractivity contribution in [2.75, 3.05) is 13.2 Å². The van der Waals surface area contributed by atoms with Crippen LogP contribution >= 0.6 is 0 Å². The van der Waals surface area contributed by atoms with Gasteiger partial charge in [0, 0.05) is 18.8 Å². The standard InChI is InChI=1S/C12H18N2O2/c1-9(14-7-10-8-16-10)6-12(15)11-4-2-3-5-13-11/h2-5,9-10,12,14-15H,6-8H2,1H3. The minimum absolute atomic E-state index is 0.265. The minimum Gasteiger partial charge on any atom is -0.387 e. The first-order valence-electron chi connectivity index (χ1n) is 5.69. The fourth-order valence-electron chi connectivity index (χ4n) is 1.63. The first-order chi connectivity index (χ1) is 7.75. The zero-order valence-corrected chi connectivity index (χ0v) is 9.47. The molecule has 0 aliphatic carbocycles. The molecule has 1 saturated heterocycles. The van der Waals surface area contributed by atoms with Crippen molar-refractivity contribution in [1.82, 2.24) is 10.3 Å². The number of nitrogens with one attached hydrogen (secondary N) is 1. The lowest BCUT2D eigenvalue weighted by Gasteiger charge is -2.16. The third kappa shape index (κ3) is 3.56. The summed E-state index contributed by atoms with van der Waals surface area (Å²) in [5.41, 5.74) is 0.735. The summed E-state index contributed by atoms with van der Waals surface area (Å²) in [4.78, 5) is 4.14. The average Bonchev–Trinajstić information content (AvgIpc) is 3.11. The number of epoxide rings is 1. The molecule has 2 N–H and O–H groups in total. The highest BCUT2D eigenvalue weighted by Crippen LogP contribution is 2.16. The molecular weight excluding hydrogens is 204 g/mol. The number of ether oxygens (including phenoxy) is 1. The molecule has 0 amide bonds. The molecular formula is C12H18N2O2. The number of aromatic nitrogens is 1. The Kier molecular flexibility index (Phi) is 3.88. The van der Waals surface area contributed by atoms with E-state index in [0.29, 0.717) is 12.5 Å². The second kappa shape index (κ2) is 5.39. The van der Waals surface area contributed by atoms with Gasteiger partial charge in [-0.2, -0.15) is 0 Å². The SMILES string of the molecule is CC(CC(O)c1ccccn1)NCC1CO1. The second-order valence-electron chi connectivity index (χ2n) is 4.27. The Hall–Kier alpha value is -0.970. The Balaban J connectivity index is 1.74.